The van der Waals surface area contributed by atoms with Gasteiger partial charge in [-0.25, -0.2) is 9.37 Å². The van der Waals surface area contributed by atoms with Gasteiger partial charge in [-0.1, -0.05) is 11.1 Å². The van der Waals surface area contributed by atoms with E-state index in [2.05, 4.69) is 53.3 Å². The van der Waals surface area contributed by atoms with Crippen molar-refractivity contribution in [3.8, 4) is 23.4 Å². The van der Waals surface area contributed by atoms with Crippen LogP contribution < -0.4 is 21.3 Å². The van der Waals surface area contributed by atoms with Gasteiger partial charge >= 0.3 is 6.18 Å². The normalized spacial score (nSPS) is 17.1. The second-order valence-corrected chi connectivity index (χ2v) is 12.7. The first-order valence-electron chi connectivity index (χ1n) is 15.4. The van der Waals surface area contributed by atoms with Gasteiger partial charge in [-0.2, -0.15) is 23.3 Å². The molecule has 4 aromatic rings. The van der Waals surface area contributed by atoms with E-state index in [0.29, 0.717) is 18.5 Å². The Labute approximate surface area is 279 Å². The number of piperidine rings is 1. The molecule has 5 rings (SSSR count). The number of amides is 2. The van der Waals surface area contributed by atoms with Gasteiger partial charge in [0, 0.05) is 25.5 Å². The first kappa shape index (κ1) is 35.3. The second-order valence-electron chi connectivity index (χ2n) is 12.7. The number of pyridine rings is 1. The Morgan fingerprint density at radius 2 is 1.94 bits per heavy atom. The van der Waals surface area contributed by atoms with E-state index in [1.165, 1.54) is 18.5 Å². The van der Waals surface area contributed by atoms with E-state index in [1.807, 2.05) is 25.7 Å². The van der Waals surface area contributed by atoms with Crippen LogP contribution in [0.25, 0.3) is 17.2 Å². The topological polar surface area (TPSA) is 160 Å². The molecule has 1 saturated heterocycles. The number of likely N-dealkylation sites (tertiary alicyclic amines) is 1. The average Bonchev–Trinajstić information content (AvgIpc) is 3.76. The van der Waals surface area contributed by atoms with Gasteiger partial charge in [0.2, 0.25) is 11.7 Å². The summed E-state index contributed by atoms with van der Waals surface area (Å²) in [6.07, 6.45) is -2.73. The van der Waals surface area contributed by atoms with Crippen LogP contribution in [0, 0.1) is 11.8 Å². The van der Waals surface area contributed by atoms with Crippen LogP contribution in [-0.2, 0) is 23.3 Å². The van der Waals surface area contributed by atoms with Crippen LogP contribution >= 0.6 is 0 Å². The summed E-state index contributed by atoms with van der Waals surface area (Å²) in [6, 6.07) is 0.786. The minimum Gasteiger partial charge on any atom is -0.376 e. The van der Waals surface area contributed by atoms with Gasteiger partial charge in [-0.05, 0) is 53.3 Å². The summed E-state index contributed by atoms with van der Waals surface area (Å²) in [5.74, 6) is 3.50. The monoisotopic (exact) mass is 687 g/mol. The smallest absolute Gasteiger partial charge is 0.376 e. The van der Waals surface area contributed by atoms with Crippen LogP contribution in [0.2, 0.25) is 0 Å². The third-order valence-corrected chi connectivity index (χ3v) is 7.61. The molecular weight excluding hydrogens is 650 g/mol. The molecule has 0 unspecified atom stereocenters. The van der Waals surface area contributed by atoms with Crippen LogP contribution in [0.4, 0.5) is 28.9 Å². The summed E-state index contributed by atoms with van der Waals surface area (Å²) in [5, 5.41) is 19.1. The number of nitrogens with zero attached hydrogens (tertiary/aromatic N) is 7. The maximum atomic E-state index is 15.1. The fraction of sp³-hybridized carbons (Fsp3) is 0.484. The molecule has 0 radical (unpaired) electrons. The molecule has 18 heteroatoms. The maximum Gasteiger partial charge on any atom is 0.394 e. The number of aromatic nitrogens is 6. The summed E-state index contributed by atoms with van der Waals surface area (Å²) in [5.41, 5.74) is -0.348. The highest BCUT2D eigenvalue weighted by atomic mass is 19.4. The van der Waals surface area contributed by atoms with Crippen molar-refractivity contribution in [1.29, 1.82) is 0 Å². The van der Waals surface area contributed by atoms with Crippen molar-refractivity contribution in [3.63, 3.8) is 0 Å². The molecule has 262 valence electrons. The largest absolute Gasteiger partial charge is 0.394 e. The maximum absolute atomic E-state index is 15.1. The van der Waals surface area contributed by atoms with Gasteiger partial charge in [0.1, 0.15) is 11.9 Å². The van der Waals surface area contributed by atoms with Gasteiger partial charge in [-0.3, -0.25) is 18.7 Å². The predicted molar refractivity (Wildman–Crippen MR) is 171 cm³/mol. The summed E-state index contributed by atoms with van der Waals surface area (Å²) in [7, 11) is 3.45. The molecule has 1 fully saturated rings. The number of halogens is 4. The number of hydrogen-bond acceptors (Lipinski definition) is 10. The molecule has 0 aromatic carbocycles. The van der Waals surface area contributed by atoms with Gasteiger partial charge in [0.25, 0.3) is 11.8 Å². The summed E-state index contributed by atoms with van der Waals surface area (Å²) >= 11 is 0. The Morgan fingerprint density at radius 3 is 2.61 bits per heavy atom. The van der Waals surface area contributed by atoms with E-state index in [9.17, 15) is 22.8 Å². The highest BCUT2D eigenvalue weighted by Crippen LogP contribution is 2.34. The van der Waals surface area contributed by atoms with Crippen molar-refractivity contribution in [2.75, 3.05) is 44.4 Å². The van der Waals surface area contributed by atoms with E-state index >= 15 is 4.39 Å². The Balaban J connectivity index is 1.50. The molecule has 0 saturated carbocycles. The lowest BCUT2D eigenvalue weighted by Crippen LogP contribution is -2.46. The minimum absolute atomic E-state index is 0.0233. The van der Waals surface area contributed by atoms with E-state index in [1.54, 1.807) is 25.0 Å². The number of hydrogen-bond donors (Lipinski definition) is 4. The second kappa shape index (κ2) is 14.2. The lowest BCUT2D eigenvalue weighted by Gasteiger charge is -2.33. The molecule has 4 N–H and O–H groups in total. The van der Waals surface area contributed by atoms with Crippen LogP contribution in [-0.4, -0.2) is 98.1 Å². The van der Waals surface area contributed by atoms with Crippen LogP contribution in [0.15, 0.2) is 29.2 Å². The number of fused-ring (bicyclic) bond motifs is 1. The lowest BCUT2D eigenvalue weighted by atomic mass is 10.0. The minimum atomic E-state index is -4.69. The number of nitrogens with one attached hydrogen (secondary N) is 4. The highest BCUT2D eigenvalue weighted by molar-refractivity contribution is 6.04. The summed E-state index contributed by atoms with van der Waals surface area (Å²) in [4.78, 5) is 35.8. The molecule has 5 heterocycles. The molecule has 0 aliphatic carbocycles. The zero-order chi connectivity index (χ0) is 35.5. The Morgan fingerprint density at radius 1 is 1.16 bits per heavy atom. The molecule has 49 heavy (non-hydrogen) atoms. The zero-order valence-corrected chi connectivity index (χ0v) is 27.6. The first-order valence-corrected chi connectivity index (χ1v) is 15.4. The molecule has 14 nitrogen and oxygen atoms in total. The number of alkyl halides is 4. The van der Waals surface area contributed by atoms with Crippen LogP contribution in [0.3, 0.4) is 0 Å². The van der Waals surface area contributed by atoms with E-state index in [4.69, 9.17) is 4.52 Å². The number of anilines is 2. The lowest BCUT2D eigenvalue weighted by molar-refractivity contribution is -0.127. The molecule has 4 aromatic heterocycles. The molecule has 1 aliphatic rings. The SMILES string of the molecule is CNCC#CC(=O)Nc1cc(N[C@@H]2CCN(C)C[C@@H]2F)c2nc(-c3noc(CNC(=O)c4cnn(C(C)(C)C)c4)n3)c(CC(F)(F)F)n2c1. The molecule has 0 spiro atoms. The molecule has 1 aliphatic heterocycles. The van der Waals surface area contributed by atoms with Crippen molar-refractivity contribution < 1.29 is 31.7 Å². The average molecular weight is 688 g/mol. The highest BCUT2D eigenvalue weighted by Gasteiger charge is 2.34. The van der Waals surface area contributed by atoms with Gasteiger partial charge in [0.15, 0.2) is 5.65 Å². The predicted octanol–water partition coefficient (Wildman–Crippen LogP) is 2.99. The third-order valence-electron chi connectivity index (χ3n) is 7.61. The standard InChI is InChI=1S/C31H37F4N11O3/c1-30(2,3)46-15-18(13-38-46)29(48)37-14-25-41-27(43-49-25)26-23(12-31(33,34)35)45-16-19(39-24(47)7-6-9-36-4)11-22(28(45)42-26)40-21-8-10-44(5)17-20(21)32/h11,13,15-16,20-21,36,40H,8-10,12,14,17H2,1-5H3,(H,37,48)(H,39,47)/t20-,21+/m0/s1. The summed E-state index contributed by atoms with van der Waals surface area (Å²) < 4.78 is 65.2. The van der Waals surface area contributed by atoms with E-state index < -0.39 is 36.6 Å². The molecule has 0 bridgehead atoms. The van der Waals surface area contributed by atoms with Gasteiger partial charge in [-0.15, -0.1) is 0 Å². The molecular formula is C31H37F4N11O3. The fourth-order valence-corrected chi connectivity index (χ4v) is 5.19. The number of carbonyl (C=O) groups excluding carboxylic acids is 2. The number of imidazole rings is 1. The van der Waals surface area contributed by atoms with E-state index in [-0.39, 0.29) is 65.3 Å². The van der Waals surface area contributed by atoms with Gasteiger partial charge < -0.3 is 30.7 Å². The quantitative estimate of drug-likeness (QED) is 0.152. The first-order chi connectivity index (χ1) is 23.1. The van der Waals surface area contributed by atoms with Crippen molar-refractivity contribution in [3.05, 3.63) is 41.8 Å². The Kier molecular flexibility index (Phi) is 10.2. The zero-order valence-electron chi connectivity index (χ0n) is 27.6. The van der Waals surface area contributed by atoms with Gasteiger partial charge in [0.05, 0.1) is 59.9 Å². The molecule has 2 atom stereocenters. The molecule has 2 amide bonds. The number of rotatable bonds is 9. The van der Waals surface area contributed by atoms with Crippen molar-refractivity contribution >= 4 is 28.8 Å². The third kappa shape index (κ3) is 8.72. The Bertz CT molecular complexity index is 1880. The van der Waals surface area contributed by atoms with E-state index in [0.717, 1.165) is 4.40 Å². The Hall–Kier alpha value is -5.02. The van der Waals surface area contributed by atoms with Crippen LogP contribution in [0.1, 0.15) is 49.1 Å². The fourth-order valence-electron chi connectivity index (χ4n) is 5.19. The summed E-state index contributed by atoms with van der Waals surface area (Å²) in [6.45, 7) is 6.55. The van der Waals surface area contributed by atoms with Crippen molar-refractivity contribution in [2.45, 2.75) is 64.1 Å². The van der Waals surface area contributed by atoms with Crippen LogP contribution in [0.5, 0.6) is 0 Å². The van der Waals surface area contributed by atoms with Crippen molar-refractivity contribution in [2.24, 2.45) is 0 Å². The number of carbonyl (C=O) groups is 2. The van der Waals surface area contributed by atoms with Crippen molar-refractivity contribution in [1.82, 2.24) is 44.8 Å².